The molecule has 1 amide bonds. The zero-order valence-electron chi connectivity index (χ0n) is 8.23. The van der Waals surface area contributed by atoms with E-state index in [9.17, 15) is 19.8 Å². The number of hydrogen-bond donors (Lipinski definition) is 3. The molecule has 0 radical (unpaired) electrons. The molecule has 1 heterocycles. The van der Waals surface area contributed by atoms with Crippen LogP contribution in [0.4, 0.5) is 0 Å². The largest absolute Gasteiger partial charge is 0.379 e. The molecule has 82 valence electrons. The number of carbonyl (C=O) groups is 2. The molecule has 1 aliphatic carbocycles. The molecule has 2 aliphatic rings. The maximum atomic E-state index is 11.9. The maximum absolute atomic E-state index is 11.9. The second kappa shape index (κ2) is 2.50. The molecular weight excluding hydrogens is 210 g/mol. The number of ketones is 1. The van der Waals surface area contributed by atoms with Crippen LogP contribution in [0, 0.1) is 0 Å². The lowest BCUT2D eigenvalue weighted by Gasteiger charge is -2.28. The molecule has 2 atom stereocenters. The SMILES string of the molecule is O=C1CC2(O)c3ccccc3C(=O)C2(O)N1. The predicted octanol–water partition coefficient (Wildman–Crippen LogP) is -0.721. The van der Waals surface area contributed by atoms with Crippen molar-refractivity contribution in [3.63, 3.8) is 0 Å². The van der Waals surface area contributed by atoms with Crippen molar-refractivity contribution in [2.75, 3.05) is 0 Å². The van der Waals surface area contributed by atoms with E-state index in [0.717, 1.165) is 0 Å². The van der Waals surface area contributed by atoms with Gasteiger partial charge in [0.15, 0.2) is 5.60 Å². The van der Waals surface area contributed by atoms with Crippen molar-refractivity contribution in [3.8, 4) is 0 Å². The van der Waals surface area contributed by atoms with Gasteiger partial charge in [0.1, 0.15) is 0 Å². The monoisotopic (exact) mass is 219 g/mol. The molecule has 0 aromatic heterocycles. The van der Waals surface area contributed by atoms with E-state index in [-0.39, 0.29) is 12.0 Å². The lowest BCUT2D eigenvalue weighted by atomic mass is 9.90. The molecule has 3 rings (SSSR count). The van der Waals surface area contributed by atoms with Gasteiger partial charge < -0.3 is 15.5 Å². The highest BCUT2D eigenvalue weighted by molar-refractivity contribution is 6.12. The minimum atomic E-state index is -2.20. The molecule has 1 fully saturated rings. The summed E-state index contributed by atoms with van der Waals surface area (Å²) in [6, 6.07) is 6.37. The topological polar surface area (TPSA) is 86.6 Å². The second-order valence-corrected chi connectivity index (χ2v) is 4.17. The molecule has 0 bridgehead atoms. The van der Waals surface area contributed by atoms with Gasteiger partial charge in [-0.15, -0.1) is 0 Å². The van der Waals surface area contributed by atoms with Gasteiger partial charge in [0.05, 0.1) is 6.42 Å². The third kappa shape index (κ3) is 0.797. The minimum absolute atomic E-state index is 0.257. The Morgan fingerprint density at radius 2 is 1.88 bits per heavy atom. The summed E-state index contributed by atoms with van der Waals surface area (Å²) in [4.78, 5) is 23.2. The first-order valence-corrected chi connectivity index (χ1v) is 4.89. The van der Waals surface area contributed by atoms with Crippen LogP contribution in [0.25, 0.3) is 0 Å². The van der Waals surface area contributed by atoms with Crippen molar-refractivity contribution in [1.82, 2.24) is 5.32 Å². The first kappa shape index (κ1) is 9.50. The maximum Gasteiger partial charge on any atom is 0.237 e. The average molecular weight is 219 g/mol. The van der Waals surface area contributed by atoms with Gasteiger partial charge in [-0.3, -0.25) is 9.59 Å². The molecule has 5 nitrogen and oxygen atoms in total. The number of rotatable bonds is 0. The van der Waals surface area contributed by atoms with E-state index < -0.39 is 23.0 Å². The first-order valence-electron chi connectivity index (χ1n) is 4.89. The van der Waals surface area contributed by atoms with Crippen molar-refractivity contribution < 1.29 is 19.8 Å². The summed E-state index contributed by atoms with van der Waals surface area (Å²) < 4.78 is 0. The third-order valence-corrected chi connectivity index (χ3v) is 3.28. The van der Waals surface area contributed by atoms with E-state index in [1.54, 1.807) is 18.2 Å². The highest BCUT2D eigenvalue weighted by atomic mass is 16.4. The highest BCUT2D eigenvalue weighted by Gasteiger charge is 2.67. The standard InChI is InChI=1S/C11H9NO4/c13-8-5-10(15)7-4-2-1-3-6(7)9(14)11(10,16)12-8/h1-4,15-16H,5H2,(H,12,13). The summed E-state index contributed by atoms with van der Waals surface area (Å²) in [5, 5.41) is 22.6. The molecule has 0 saturated carbocycles. The molecule has 2 unspecified atom stereocenters. The molecule has 3 N–H and O–H groups in total. The van der Waals surface area contributed by atoms with Crippen molar-refractivity contribution in [2.24, 2.45) is 0 Å². The molecule has 1 aromatic rings. The van der Waals surface area contributed by atoms with E-state index in [0.29, 0.717) is 5.56 Å². The Morgan fingerprint density at radius 1 is 1.19 bits per heavy atom. The summed E-state index contributed by atoms with van der Waals surface area (Å²) in [6.45, 7) is 0. The zero-order valence-corrected chi connectivity index (χ0v) is 8.23. The minimum Gasteiger partial charge on any atom is -0.379 e. The number of benzene rings is 1. The van der Waals surface area contributed by atoms with Crippen LogP contribution in [0.5, 0.6) is 0 Å². The predicted molar refractivity (Wildman–Crippen MR) is 52.4 cm³/mol. The van der Waals surface area contributed by atoms with Gasteiger partial charge in [-0.1, -0.05) is 24.3 Å². The fourth-order valence-electron chi connectivity index (χ4n) is 2.48. The molecule has 5 heteroatoms. The van der Waals surface area contributed by atoms with Gasteiger partial charge in [-0.05, 0) is 0 Å². The van der Waals surface area contributed by atoms with E-state index in [2.05, 4.69) is 5.32 Å². The fraction of sp³-hybridized carbons (Fsp3) is 0.273. The van der Waals surface area contributed by atoms with Gasteiger partial charge in [0.2, 0.25) is 17.4 Å². The summed E-state index contributed by atoms with van der Waals surface area (Å²) in [5.41, 5.74) is -3.47. The molecule has 16 heavy (non-hydrogen) atoms. The third-order valence-electron chi connectivity index (χ3n) is 3.28. The molecule has 1 aliphatic heterocycles. The summed E-state index contributed by atoms with van der Waals surface area (Å²) in [7, 11) is 0. The van der Waals surface area contributed by atoms with Gasteiger partial charge in [0.25, 0.3) is 0 Å². The van der Waals surface area contributed by atoms with E-state index in [4.69, 9.17) is 0 Å². The van der Waals surface area contributed by atoms with Crippen LogP contribution >= 0.6 is 0 Å². The van der Waals surface area contributed by atoms with Crippen LogP contribution in [0.3, 0.4) is 0 Å². The van der Waals surface area contributed by atoms with Crippen molar-refractivity contribution in [3.05, 3.63) is 35.4 Å². The summed E-state index contributed by atoms with van der Waals surface area (Å²) >= 11 is 0. The molecule has 0 spiro atoms. The fourth-order valence-corrected chi connectivity index (χ4v) is 2.48. The van der Waals surface area contributed by atoms with Gasteiger partial charge >= 0.3 is 0 Å². The Morgan fingerprint density at radius 3 is 2.62 bits per heavy atom. The number of nitrogens with one attached hydrogen (secondary N) is 1. The Balaban J connectivity index is 2.32. The Hall–Kier alpha value is -1.72. The zero-order chi connectivity index (χ0) is 11.6. The second-order valence-electron chi connectivity index (χ2n) is 4.17. The van der Waals surface area contributed by atoms with Crippen LogP contribution in [-0.4, -0.2) is 27.6 Å². The molecule has 1 saturated heterocycles. The first-order chi connectivity index (χ1) is 7.49. The van der Waals surface area contributed by atoms with Gasteiger partial charge in [0, 0.05) is 11.1 Å². The lowest BCUT2D eigenvalue weighted by Crippen LogP contribution is -2.56. The highest BCUT2D eigenvalue weighted by Crippen LogP contribution is 2.48. The Kier molecular flexibility index (Phi) is 1.49. The van der Waals surface area contributed by atoms with E-state index in [1.807, 2.05) is 0 Å². The van der Waals surface area contributed by atoms with Crippen LogP contribution in [-0.2, 0) is 10.4 Å². The van der Waals surface area contributed by atoms with E-state index >= 15 is 0 Å². The Labute approximate surface area is 90.7 Å². The number of amides is 1. The Bertz CT molecular complexity index is 526. The summed E-state index contributed by atoms with van der Waals surface area (Å²) in [5.74, 6) is -1.19. The van der Waals surface area contributed by atoms with Gasteiger partial charge in [-0.2, -0.15) is 0 Å². The average Bonchev–Trinajstić information content (AvgIpc) is 2.57. The number of Topliss-reactive ketones (excluding diaryl/α,β-unsaturated/α-hetero) is 1. The number of carbonyl (C=O) groups excluding carboxylic acids is 2. The van der Waals surface area contributed by atoms with Crippen LogP contribution in [0.2, 0.25) is 0 Å². The number of fused-ring (bicyclic) bond motifs is 3. The summed E-state index contributed by atoms with van der Waals surface area (Å²) in [6.07, 6.45) is -0.299. The molecule has 1 aromatic carbocycles. The number of hydrogen-bond acceptors (Lipinski definition) is 4. The van der Waals surface area contributed by atoms with Crippen molar-refractivity contribution >= 4 is 11.7 Å². The van der Waals surface area contributed by atoms with Crippen molar-refractivity contribution in [1.29, 1.82) is 0 Å². The van der Waals surface area contributed by atoms with Crippen LogP contribution in [0.15, 0.2) is 24.3 Å². The van der Waals surface area contributed by atoms with E-state index in [1.165, 1.54) is 6.07 Å². The molecular formula is C11H9NO4. The van der Waals surface area contributed by atoms with Crippen molar-refractivity contribution in [2.45, 2.75) is 17.7 Å². The quantitative estimate of drug-likeness (QED) is 0.537. The normalized spacial score (nSPS) is 35.9. The lowest BCUT2D eigenvalue weighted by molar-refractivity contribution is -0.121. The van der Waals surface area contributed by atoms with Crippen LogP contribution < -0.4 is 5.32 Å². The van der Waals surface area contributed by atoms with Gasteiger partial charge in [-0.25, -0.2) is 0 Å². The number of aliphatic hydroxyl groups is 2. The smallest absolute Gasteiger partial charge is 0.237 e. The van der Waals surface area contributed by atoms with Crippen LogP contribution in [0.1, 0.15) is 22.3 Å².